The third kappa shape index (κ3) is 2.62. The van der Waals surface area contributed by atoms with Crippen LogP contribution in [0.2, 0.25) is 0 Å². The van der Waals surface area contributed by atoms with Crippen molar-refractivity contribution in [1.82, 2.24) is 10.3 Å². The molecule has 1 saturated carbocycles. The second-order valence-corrected chi connectivity index (χ2v) is 5.73. The predicted molar refractivity (Wildman–Crippen MR) is 66.6 cm³/mol. The Morgan fingerprint density at radius 3 is 2.88 bits per heavy atom. The number of thiazole rings is 1. The van der Waals surface area contributed by atoms with Crippen LogP contribution in [0.25, 0.3) is 0 Å². The molecule has 90 valence electrons. The van der Waals surface area contributed by atoms with E-state index in [-0.39, 0.29) is 12.1 Å². The van der Waals surface area contributed by atoms with Crippen LogP contribution in [-0.2, 0) is 13.0 Å². The lowest BCUT2D eigenvalue weighted by Crippen LogP contribution is -2.51. The topological polar surface area (TPSA) is 45.2 Å². The zero-order valence-electron chi connectivity index (χ0n) is 9.83. The molecule has 1 aromatic heterocycles. The van der Waals surface area contributed by atoms with Gasteiger partial charge in [0.05, 0.1) is 5.01 Å². The third-order valence-electron chi connectivity index (χ3n) is 3.44. The molecule has 0 amide bonds. The van der Waals surface area contributed by atoms with Crippen molar-refractivity contribution in [3.63, 3.8) is 0 Å². The van der Waals surface area contributed by atoms with E-state index in [0.717, 1.165) is 19.4 Å². The SMILES string of the molecule is CCc1ncc(CNC2(CCO)CCC2)s1. The van der Waals surface area contributed by atoms with Gasteiger partial charge in [0.15, 0.2) is 0 Å². The fourth-order valence-corrected chi connectivity index (χ4v) is 3.00. The van der Waals surface area contributed by atoms with Crippen LogP contribution in [0.5, 0.6) is 0 Å². The first-order valence-electron chi connectivity index (χ1n) is 6.07. The smallest absolute Gasteiger partial charge is 0.0925 e. The minimum Gasteiger partial charge on any atom is -0.396 e. The Bertz CT molecular complexity index is 334. The number of aliphatic hydroxyl groups excluding tert-OH is 1. The van der Waals surface area contributed by atoms with Crippen LogP contribution in [0, 0.1) is 0 Å². The van der Waals surface area contributed by atoms with Crippen LogP contribution in [-0.4, -0.2) is 22.2 Å². The van der Waals surface area contributed by atoms with Crippen LogP contribution in [0.1, 0.15) is 42.5 Å². The second-order valence-electron chi connectivity index (χ2n) is 4.53. The molecule has 1 aliphatic carbocycles. The first-order valence-corrected chi connectivity index (χ1v) is 6.89. The summed E-state index contributed by atoms with van der Waals surface area (Å²) < 4.78 is 0. The maximum Gasteiger partial charge on any atom is 0.0925 e. The minimum atomic E-state index is 0.213. The van der Waals surface area contributed by atoms with Crippen molar-refractivity contribution in [3.05, 3.63) is 16.1 Å². The first-order chi connectivity index (χ1) is 7.78. The molecule has 0 bridgehead atoms. The van der Waals surface area contributed by atoms with Gasteiger partial charge in [0.2, 0.25) is 0 Å². The summed E-state index contributed by atoms with van der Waals surface area (Å²) in [4.78, 5) is 5.66. The van der Waals surface area contributed by atoms with Crippen molar-refractivity contribution in [3.8, 4) is 0 Å². The minimum absolute atomic E-state index is 0.213. The van der Waals surface area contributed by atoms with Crippen LogP contribution < -0.4 is 5.32 Å². The maximum absolute atomic E-state index is 9.06. The van der Waals surface area contributed by atoms with Crippen LogP contribution >= 0.6 is 11.3 Å². The number of hydrogen-bond donors (Lipinski definition) is 2. The second kappa shape index (κ2) is 5.25. The molecule has 1 fully saturated rings. The van der Waals surface area contributed by atoms with Gasteiger partial charge in [-0.05, 0) is 32.1 Å². The van der Waals surface area contributed by atoms with Gasteiger partial charge in [-0.3, -0.25) is 0 Å². The molecule has 1 aliphatic rings. The van der Waals surface area contributed by atoms with Crippen molar-refractivity contribution < 1.29 is 5.11 Å². The fourth-order valence-electron chi connectivity index (χ4n) is 2.20. The molecule has 16 heavy (non-hydrogen) atoms. The van der Waals surface area contributed by atoms with Crippen LogP contribution in [0.3, 0.4) is 0 Å². The number of aliphatic hydroxyl groups is 1. The van der Waals surface area contributed by atoms with E-state index in [1.54, 1.807) is 11.3 Å². The summed E-state index contributed by atoms with van der Waals surface area (Å²) in [5, 5.41) is 13.9. The molecular formula is C12H20N2OS. The normalized spacial score (nSPS) is 18.4. The molecule has 0 aromatic carbocycles. The molecule has 0 saturated heterocycles. The average Bonchev–Trinajstić information content (AvgIpc) is 2.70. The van der Waals surface area contributed by atoms with Crippen LogP contribution in [0.4, 0.5) is 0 Å². The lowest BCUT2D eigenvalue weighted by Gasteiger charge is -2.42. The molecular weight excluding hydrogens is 220 g/mol. The lowest BCUT2D eigenvalue weighted by molar-refractivity contribution is 0.130. The van der Waals surface area contributed by atoms with E-state index in [1.807, 2.05) is 6.20 Å². The number of nitrogens with one attached hydrogen (secondary N) is 1. The number of rotatable bonds is 6. The Balaban J connectivity index is 1.85. The predicted octanol–water partition coefficient (Wildman–Crippen LogP) is 2.10. The molecule has 2 N–H and O–H groups in total. The molecule has 0 aliphatic heterocycles. The summed E-state index contributed by atoms with van der Waals surface area (Å²) in [6, 6.07) is 0. The quantitative estimate of drug-likeness (QED) is 0.800. The molecule has 0 spiro atoms. The van der Waals surface area contributed by atoms with Gasteiger partial charge in [-0.15, -0.1) is 11.3 Å². The van der Waals surface area contributed by atoms with E-state index in [0.29, 0.717) is 0 Å². The van der Waals surface area contributed by atoms with Gasteiger partial charge in [0.25, 0.3) is 0 Å². The third-order valence-corrected chi connectivity index (χ3v) is 4.58. The highest BCUT2D eigenvalue weighted by molar-refractivity contribution is 7.11. The lowest BCUT2D eigenvalue weighted by atomic mass is 9.74. The molecule has 1 heterocycles. The first kappa shape index (κ1) is 12.0. The van der Waals surface area contributed by atoms with Crippen molar-refractivity contribution in [1.29, 1.82) is 0 Å². The Morgan fingerprint density at radius 2 is 2.38 bits per heavy atom. The Morgan fingerprint density at radius 1 is 1.56 bits per heavy atom. The average molecular weight is 240 g/mol. The van der Waals surface area contributed by atoms with Crippen molar-refractivity contribution in [2.75, 3.05) is 6.61 Å². The van der Waals surface area contributed by atoms with Gasteiger partial charge in [0.1, 0.15) is 0 Å². The highest BCUT2D eigenvalue weighted by Crippen LogP contribution is 2.35. The summed E-state index contributed by atoms with van der Waals surface area (Å²) in [6.45, 7) is 3.32. The fraction of sp³-hybridized carbons (Fsp3) is 0.750. The standard InChI is InChI=1S/C12H20N2OS/c1-2-11-13-8-10(16-11)9-14-12(6-7-15)4-3-5-12/h8,14-15H,2-7,9H2,1H3. The molecule has 2 rings (SSSR count). The van der Waals surface area contributed by atoms with E-state index in [2.05, 4.69) is 17.2 Å². The summed E-state index contributed by atoms with van der Waals surface area (Å²) in [5.41, 5.74) is 0.213. The molecule has 1 aromatic rings. The van der Waals surface area contributed by atoms with Crippen molar-refractivity contribution >= 4 is 11.3 Å². The Kier molecular flexibility index (Phi) is 3.95. The van der Waals surface area contributed by atoms with Gasteiger partial charge in [-0.25, -0.2) is 4.98 Å². The zero-order chi connectivity index (χ0) is 11.4. The molecule has 0 atom stereocenters. The number of hydrogen-bond acceptors (Lipinski definition) is 4. The largest absolute Gasteiger partial charge is 0.396 e. The van der Waals surface area contributed by atoms with E-state index < -0.39 is 0 Å². The highest BCUT2D eigenvalue weighted by Gasteiger charge is 2.35. The summed E-state index contributed by atoms with van der Waals surface area (Å²) in [5.74, 6) is 0. The zero-order valence-corrected chi connectivity index (χ0v) is 10.6. The van der Waals surface area contributed by atoms with Crippen molar-refractivity contribution in [2.45, 2.75) is 51.1 Å². The Labute approximate surface area is 101 Å². The molecule has 4 heteroatoms. The maximum atomic E-state index is 9.06. The van der Waals surface area contributed by atoms with E-state index in [1.165, 1.54) is 29.1 Å². The van der Waals surface area contributed by atoms with E-state index in [4.69, 9.17) is 5.11 Å². The van der Waals surface area contributed by atoms with Gasteiger partial charge >= 0.3 is 0 Å². The number of aromatic nitrogens is 1. The van der Waals surface area contributed by atoms with Gasteiger partial charge in [-0.2, -0.15) is 0 Å². The summed E-state index contributed by atoms with van der Waals surface area (Å²) in [6.07, 6.45) is 7.57. The summed E-state index contributed by atoms with van der Waals surface area (Å²) >= 11 is 1.79. The highest BCUT2D eigenvalue weighted by atomic mass is 32.1. The number of aryl methyl sites for hydroxylation is 1. The van der Waals surface area contributed by atoms with Crippen molar-refractivity contribution in [2.24, 2.45) is 0 Å². The number of nitrogens with zero attached hydrogens (tertiary/aromatic N) is 1. The van der Waals surface area contributed by atoms with Gasteiger partial charge in [0, 0.05) is 29.8 Å². The monoisotopic (exact) mass is 240 g/mol. The summed E-state index contributed by atoms with van der Waals surface area (Å²) in [7, 11) is 0. The molecule has 0 radical (unpaired) electrons. The van der Waals surface area contributed by atoms with Gasteiger partial charge < -0.3 is 10.4 Å². The molecule has 0 unspecified atom stereocenters. The van der Waals surface area contributed by atoms with Gasteiger partial charge in [-0.1, -0.05) is 6.92 Å². The van der Waals surface area contributed by atoms with E-state index in [9.17, 15) is 0 Å². The Hall–Kier alpha value is -0.450. The van der Waals surface area contributed by atoms with E-state index >= 15 is 0 Å². The molecule has 3 nitrogen and oxygen atoms in total. The van der Waals surface area contributed by atoms with Crippen LogP contribution in [0.15, 0.2) is 6.20 Å².